The van der Waals surface area contributed by atoms with E-state index in [9.17, 15) is 4.79 Å². The molecule has 0 heterocycles. The maximum Gasteiger partial charge on any atom is 0.189 e. The third-order valence-electron chi connectivity index (χ3n) is 1.82. The molecule has 1 rings (SSSR count). The van der Waals surface area contributed by atoms with Gasteiger partial charge in [0.2, 0.25) is 0 Å². The number of Topliss-reactive ketones (excluding diaryl/α,β-unsaturated/α-hetero) is 1. The molecule has 0 saturated heterocycles. The zero-order valence-electron chi connectivity index (χ0n) is 8.01. The molecule has 0 atom stereocenters. The van der Waals surface area contributed by atoms with E-state index in [1.54, 1.807) is 31.3 Å². The molecule has 0 aliphatic rings. The lowest BCUT2D eigenvalue weighted by molar-refractivity contribution is 0.103. The predicted octanol–water partition coefficient (Wildman–Crippen LogP) is 2.30. The molecular formula is C11H12ClNO. The molecule has 0 aromatic heterocycles. The second-order valence-electron chi connectivity index (χ2n) is 2.97. The second-order valence-corrected chi connectivity index (χ2v) is 3.41. The van der Waals surface area contributed by atoms with E-state index in [0.717, 1.165) is 0 Å². The molecule has 0 fully saturated rings. The molecule has 0 saturated carbocycles. The first-order valence-electron chi connectivity index (χ1n) is 4.28. The van der Waals surface area contributed by atoms with E-state index in [1.165, 1.54) is 0 Å². The smallest absolute Gasteiger partial charge is 0.189 e. The van der Waals surface area contributed by atoms with E-state index in [-0.39, 0.29) is 5.78 Å². The molecule has 0 unspecified atom stereocenters. The van der Waals surface area contributed by atoms with Gasteiger partial charge < -0.3 is 5.32 Å². The number of halogens is 1. The normalized spacial score (nSPS) is 9.86. The summed E-state index contributed by atoms with van der Waals surface area (Å²) >= 11 is 5.71. The van der Waals surface area contributed by atoms with Crippen LogP contribution in [0.4, 0.5) is 0 Å². The average molecular weight is 210 g/mol. The van der Waals surface area contributed by atoms with Crippen molar-refractivity contribution in [2.24, 2.45) is 0 Å². The summed E-state index contributed by atoms with van der Waals surface area (Å²) in [6.07, 6.45) is 0. The first-order chi connectivity index (χ1) is 6.65. The third-order valence-corrected chi connectivity index (χ3v) is 2.07. The lowest BCUT2D eigenvalue weighted by Gasteiger charge is -2.03. The van der Waals surface area contributed by atoms with Crippen molar-refractivity contribution >= 4 is 17.4 Å². The van der Waals surface area contributed by atoms with Gasteiger partial charge in [0.1, 0.15) is 0 Å². The van der Waals surface area contributed by atoms with Crippen LogP contribution in [0.15, 0.2) is 36.4 Å². The highest BCUT2D eigenvalue weighted by atomic mass is 35.5. The minimum Gasteiger partial charge on any atom is -0.316 e. The fourth-order valence-electron chi connectivity index (χ4n) is 1.10. The van der Waals surface area contributed by atoms with Crippen LogP contribution in [0, 0.1) is 0 Å². The van der Waals surface area contributed by atoms with Crippen LogP contribution >= 0.6 is 11.6 Å². The number of ketones is 1. The molecule has 0 aliphatic carbocycles. The fraction of sp³-hybridized carbons (Fsp3) is 0.182. The minimum atomic E-state index is -0.0454. The Morgan fingerprint density at radius 3 is 2.50 bits per heavy atom. The summed E-state index contributed by atoms with van der Waals surface area (Å²) in [7, 11) is 1.78. The lowest BCUT2D eigenvalue weighted by atomic mass is 10.1. The summed E-state index contributed by atoms with van der Waals surface area (Å²) in [4.78, 5) is 11.7. The number of rotatable bonds is 4. The Bertz CT molecular complexity index is 343. The molecule has 0 bridgehead atoms. The molecular weight excluding hydrogens is 198 g/mol. The van der Waals surface area contributed by atoms with Crippen molar-refractivity contribution in [2.75, 3.05) is 13.6 Å². The molecule has 74 valence electrons. The van der Waals surface area contributed by atoms with Gasteiger partial charge in [-0.05, 0) is 31.3 Å². The fourth-order valence-corrected chi connectivity index (χ4v) is 1.23. The lowest BCUT2D eigenvalue weighted by Crippen LogP contribution is -2.16. The van der Waals surface area contributed by atoms with E-state index in [0.29, 0.717) is 22.7 Å². The van der Waals surface area contributed by atoms with Crippen molar-refractivity contribution in [3.8, 4) is 0 Å². The van der Waals surface area contributed by atoms with Gasteiger partial charge in [-0.3, -0.25) is 4.79 Å². The Morgan fingerprint density at radius 2 is 2.00 bits per heavy atom. The first kappa shape index (κ1) is 11.0. The standard InChI is InChI=1S/C11H12ClNO/c1-8(7-13-2)11(14)9-3-5-10(12)6-4-9/h3-6,13H,1,7H2,2H3. The van der Waals surface area contributed by atoms with Crippen molar-refractivity contribution in [3.05, 3.63) is 47.0 Å². The van der Waals surface area contributed by atoms with Gasteiger partial charge in [-0.2, -0.15) is 0 Å². The number of carbonyl (C=O) groups is 1. The Kier molecular flexibility index (Phi) is 3.86. The summed E-state index contributed by atoms with van der Waals surface area (Å²) in [6, 6.07) is 6.79. The van der Waals surface area contributed by atoms with Crippen LogP contribution in [0.25, 0.3) is 0 Å². The molecule has 2 nitrogen and oxygen atoms in total. The Labute approximate surface area is 88.6 Å². The van der Waals surface area contributed by atoms with Crippen LogP contribution < -0.4 is 5.32 Å². The summed E-state index contributed by atoms with van der Waals surface area (Å²) in [5.41, 5.74) is 1.17. The molecule has 0 amide bonds. The molecule has 0 aliphatic heterocycles. The van der Waals surface area contributed by atoms with Gasteiger partial charge in [-0.15, -0.1) is 0 Å². The number of carbonyl (C=O) groups excluding carboxylic acids is 1. The quantitative estimate of drug-likeness (QED) is 0.609. The predicted molar refractivity (Wildman–Crippen MR) is 58.8 cm³/mol. The van der Waals surface area contributed by atoms with Gasteiger partial charge in [0.15, 0.2) is 5.78 Å². The van der Waals surface area contributed by atoms with Gasteiger partial charge in [-0.1, -0.05) is 18.2 Å². The monoisotopic (exact) mass is 209 g/mol. The highest BCUT2D eigenvalue weighted by Gasteiger charge is 2.08. The minimum absolute atomic E-state index is 0.0454. The van der Waals surface area contributed by atoms with Crippen molar-refractivity contribution in [2.45, 2.75) is 0 Å². The maximum absolute atomic E-state index is 11.7. The summed E-state index contributed by atoms with van der Waals surface area (Å²) in [5.74, 6) is -0.0454. The van der Waals surface area contributed by atoms with Crippen molar-refractivity contribution in [1.82, 2.24) is 5.32 Å². The molecule has 0 spiro atoms. The van der Waals surface area contributed by atoms with Crippen LogP contribution in [0.2, 0.25) is 5.02 Å². The summed E-state index contributed by atoms with van der Waals surface area (Å²) < 4.78 is 0. The third kappa shape index (κ3) is 2.69. The Hall–Kier alpha value is -1.12. The number of benzene rings is 1. The van der Waals surface area contributed by atoms with Crippen LogP contribution in [0.3, 0.4) is 0 Å². The second kappa shape index (κ2) is 4.94. The van der Waals surface area contributed by atoms with E-state index < -0.39 is 0 Å². The molecule has 1 aromatic carbocycles. The van der Waals surface area contributed by atoms with Gasteiger partial charge >= 0.3 is 0 Å². The van der Waals surface area contributed by atoms with E-state index in [4.69, 9.17) is 11.6 Å². The molecule has 1 aromatic rings. The molecule has 3 heteroatoms. The van der Waals surface area contributed by atoms with Crippen molar-refractivity contribution in [1.29, 1.82) is 0 Å². The molecule has 0 radical (unpaired) electrons. The van der Waals surface area contributed by atoms with Gasteiger partial charge in [0.25, 0.3) is 0 Å². The van der Waals surface area contributed by atoms with Crippen molar-refractivity contribution < 1.29 is 4.79 Å². The first-order valence-corrected chi connectivity index (χ1v) is 4.65. The average Bonchev–Trinajstić information content (AvgIpc) is 2.18. The van der Waals surface area contributed by atoms with Crippen LogP contribution in [0.5, 0.6) is 0 Å². The van der Waals surface area contributed by atoms with Crippen LogP contribution in [-0.2, 0) is 0 Å². The number of nitrogens with one attached hydrogen (secondary N) is 1. The van der Waals surface area contributed by atoms with Gasteiger partial charge in [0.05, 0.1) is 0 Å². The van der Waals surface area contributed by atoms with E-state index >= 15 is 0 Å². The van der Waals surface area contributed by atoms with Crippen molar-refractivity contribution in [3.63, 3.8) is 0 Å². The highest BCUT2D eigenvalue weighted by Crippen LogP contribution is 2.12. The van der Waals surface area contributed by atoms with Gasteiger partial charge in [-0.25, -0.2) is 0 Å². The van der Waals surface area contributed by atoms with Gasteiger partial charge in [0, 0.05) is 22.7 Å². The van der Waals surface area contributed by atoms with E-state index in [2.05, 4.69) is 11.9 Å². The largest absolute Gasteiger partial charge is 0.316 e. The van der Waals surface area contributed by atoms with Crippen LogP contribution in [0.1, 0.15) is 10.4 Å². The van der Waals surface area contributed by atoms with E-state index in [1.807, 2.05) is 0 Å². The SMILES string of the molecule is C=C(CNC)C(=O)c1ccc(Cl)cc1. The molecule has 14 heavy (non-hydrogen) atoms. The zero-order valence-corrected chi connectivity index (χ0v) is 8.77. The van der Waals surface area contributed by atoms with Crippen LogP contribution in [-0.4, -0.2) is 19.4 Å². The zero-order chi connectivity index (χ0) is 10.6. The summed E-state index contributed by atoms with van der Waals surface area (Å²) in [5, 5.41) is 3.51. The summed E-state index contributed by atoms with van der Waals surface area (Å²) in [6.45, 7) is 4.20. The molecule has 1 N–H and O–H groups in total. The topological polar surface area (TPSA) is 29.1 Å². The highest BCUT2D eigenvalue weighted by molar-refractivity contribution is 6.30. The number of likely N-dealkylation sites (N-methyl/N-ethyl adjacent to an activating group) is 1. The Morgan fingerprint density at radius 1 is 1.43 bits per heavy atom. The maximum atomic E-state index is 11.7. The Balaban J connectivity index is 2.79. The number of hydrogen-bond donors (Lipinski definition) is 1. The number of hydrogen-bond acceptors (Lipinski definition) is 2.